The van der Waals surface area contributed by atoms with Gasteiger partial charge in [0.2, 0.25) is 11.4 Å². The molecule has 0 radical (unpaired) electrons. The van der Waals surface area contributed by atoms with Crippen LogP contribution in [0.2, 0.25) is 0 Å². The summed E-state index contributed by atoms with van der Waals surface area (Å²) in [4.78, 5) is 4.71. The third-order valence-corrected chi connectivity index (χ3v) is 5.39. The molecule has 0 saturated carbocycles. The first-order valence-corrected chi connectivity index (χ1v) is 9.99. The van der Waals surface area contributed by atoms with Gasteiger partial charge in [-0.25, -0.2) is 9.55 Å². The van der Waals surface area contributed by atoms with Gasteiger partial charge in [0.25, 0.3) is 0 Å². The zero-order chi connectivity index (χ0) is 21.9. The summed E-state index contributed by atoms with van der Waals surface area (Å²) in [6.45, 7) is 5.91. The number of aryl methyl sites for hydroxylation is 2. The van der Waals surface area contributed by atoms with Crippen molar-refractivity contribution in [2.45, 2.75) is 27.1 Å². The molecule has 2 aromatic carbocycles. The average Bonchev–Trinajstić information content (AvgIpc) is 3.08. The van der Waals surface area contributed by atoms with Gasteiger partial charge in [0.05, 0.1) is 11.1 Å². The highest BCUT2D eigenvalue weighted by atomic mass is 16.3. The van der Waals surface area contributed by atoms with E-state index in [2.05, 4.69) is 31.2 Å². The van der Waals surface area contributed by atoms with Gasteiger partial charge in [0.1, 0.15) is 12.6 Å². The van der Waals surface area contributed by atoms with Crippen LogP contribution in [0.4, 0.5) is 0 Å². The molecule has 3 heteroatoms. The predicted octanol–water partition coefficient (Wildman–Crippen LogP) is 6.13. The number of fused-ring (bicyclic) bond motifs is 4. The molecular formula is C26H25N2O+. The molecule has 0 aliphatic carbocycles. The summed E-state index contributed by atoms with van der Waals surface area (Å²) in [6, 6.07) is 18.2. The molecule has 0 N–H and O–H groups in total. The Kier molecular flexibility index (Phi) is 3.62. The summed E-state index contributed by atoms with van der Waals surface area (Å²) in [5.41, 5.74) is 6.13. The van der Waals surface area contributed by atoms with E-state index in [0.717, 1.165) is 44.1 Å². The molecule has 3 heterocycles. The Hall–Kier alpha value is -3.20. The molecule has 3 nitrogen and oxygen atoms in total. The molecule has 3 aromatic heterocycles. The zero-order valence-corrected chi connectivity index (χ0v) is 17.2. The topological polar surface area (TPSA) is 29.9 Å². The Bertz CT molecular complexity index is 1470. The molecule has 144 valence electrons. The van der Waals surface area contributed by atoms with Crippen LogP contribution in [0.5, 0.6) is 0 Å². The number of pyridine rings is 2. The molecule has 29 heavy (non-hydrogen) atoms. The molecule has 0 unspecified atom stereocenters. The van der Waals surface area contributed by atoms with Gasteiger partial charge in [-0.2, -0.15) is 0 Å². The van der Waals surface area contributed by atoms with Gasteiger partial charge in [-0.05, 0) is 54.6 Å². The van der Waals surface area contributed by atoms with Crippen LogP contribution in [0.15, 0.2) is 65.2 Å². The smallest absolute Gasteiger partial charge is 0.227 e. The minimum Gasteiger partial charge on any atom is -0.438 e. The number of benzene rings is 2. The number of rotatable bonds is 3. The lowest BCUT2D eigenvalue weighted by Gasteiger charge is -2.08. The second-order valence-corrected chi connectivity index (χ2v) is 8.01. The van der Waals surface area contributed by atoms with E-state index in [-0.39, 0.29) is 5.92 Å². The SMILES string of the molecule is [2H]C([2H])(c1cc[n+](C)c(-c2cc3oc4nc5ccccc5cc4c3cc2C)c1)C(C)C. The zero-order valence-electron chi connectivity index (χ0n) is 19.2. The van der Waals surface area contributed by atoms with E-state index in [1.807, 2.05) is 62.0 Å². The fourth-order valence-corrected chi connectivity index (χ4v) is 3.99. The summed E-state index contributed by atoms with van der Waals surface area (Å²) >= 11 is 0. The predicted molar refractivity (Wildman–Crippen MR) is 119 cm³/mol. The number of furan rings is 1. The number of hydrogen-bond donors (Lipinski definition) is 0. The number of nitrogens with zero attached hydrogens (tertiary/aromatic N) is 2. The van der Waals surface area contributed by atoms with Crippen LogP contribution in [-0.4, -0.2) is 4.98 Å². The molecule has 0 fully saturated rings. The maximum Gasteiger partial charge on any atom is 0.227 e. The number of para-hydroxylation sites is 1. The van der Waals surface area contributed by atoms with Crippen LogP contribution in [0.3, 0.4) is 0 Å². The van der Waals surface area contributed by atoms with Gasteiger partial charge < -0.3 is 4.42 Å². The standard InChI is InChI=1S/C26H25N2O/c1-16(2)11-18-9-10-28(4)24(13-18)20-15-25-21(12-17(20)3)22-14-19-7-5-6-8-23(19)27-26(22)29-25/h5-10,12-16H,11H2,1-4H3/q+1/i11D2. The van der Waals surface area contributed by atoms with Crippen molar-refractivity contribution in [3.63, 3.8) is 0 Å². The van der Waals surface area contributed by atoms with Crippen LogP contribution in [0.25, 0.3) is 44.2 Å². The molecule has 5 rings (SSSR count). The van der Waals surface area contributed by atoms with Crippen LogP contribution in [-0.2, 0) is 13.4 Å². The van der Waals surface area contributed by atoms with Gasteiger partial charge in [0.15, 0.2) is 6.20 Å². The van der Waals surface area contributed by atoms with Gasteiger partial charge in [-0.3, -0.25) is 0 Å². The highest BCUT2D eigenvalue weighted by Gasteiger charge is 2.18. The Morgan fingerprint density at radius 3 is 2.72 bits per heavy atom. The maximum atomic E-state index is 8.51. The number of aromatic nitrogens is 2. The van der Waals surface area contributed by atoms with E-state index in [9.17, 15) is 0 Å². The maximum absolute atomic E-state index is 8.51. The normalized spacial score (nSPS) is 13.4. The van der Waals surface area contributed by atoms with E-state index >= 15 is 0 Å². The van der Waals surface area contributed by atoms with E-state index in [0.29, 0.717) is 11.3 Å². The minimum atomic E-state index is -1.40. The van der Waals surface area contributed by atoms with Crippen molar-refractivity contribution in [3.05, 3.63) is 71.9 Å². The second kappa shape index (κ2) is 6.70. The molecule has 0 aliphatic rings. The van der Waals surface area contributed by atoms with Crippen molar-refractivity contribution in [2.75, 3.05) is 0 Å². The molecule has 0 amide bonds. The van der Waals surface area contributed by atoms with Crippen LogP contribution >= 0.6 is 0 Å². The van der Waals surface area contributed by atoms with Crippen molar-refractivity contribution in [3.8, 4) is 11.3 Å². The van der Waals surface area contributed by atoms with Gasteiger partial charge in [-0.15, -0.1) is 0 Å². The Labute approximate surface area is 173 Å². The highest BCUT2D eigenvalue weighted by molar-refractivity contribution is 6.08. The van der Waals surface area contributed by atoms with Crippen molar-refractivity contribution in [1.29, 1.82) is 0 Å². The molecule has 0 saturated heterocycles. The van der Waals surface area contributed by atoms with Crippen LogP contribution < -0.4 is 4.57 Å². The molecule has 5 aromatic rings. The van der Waals surface area contributed by atoms with E-state index in [1.54, 1.807) is 0 Å². The van der Waals surface area contributed by atoms with E-state index in [4.69, 9.17) is 12.1 Å². The highest BCUT2D eigenvalue weighted by Crippen LogP contribution is 2.34. The first-order chi connectivity index (χ1) is 14.8. The quantitative estimate of drug-likeness (QED) is 0.351. The fraction of sp³-hybridized carbons (Fsp3) is 0.231. The van der Waals surface area contributed by atoms with E-state index in [1.165, 1.54) is 0 Å². The molecule has 0 aliphatic heterocycles. The monoisotopic (exact) mass is 383 g/mol. The van der Waals surface area contributed by atoms with Crippen LogP contribution in [0, 0.1) is 12.8 Å². The average molecular weight is 384 g/mol. The number of hydrogen-bond acceptors (Lipinski definition) is 2. The Balaban J connectivity index is 1.73. The summed E-state index contributed by atoms with van der Waals surface area (Å²) in [5, 5.41) is 3.15. The van der Waals surface area contributed by atoms with Crippen molar-refractivity contribution in [1.82, 2.24) is 4.98 Å². The van der Waals surface area contributed by atoms with Gasteiger partial charge in [-0.1, -0.05) is 32.0 Å². The van der Waals surface area contributed by atoms with Crippen molar-refractivity contribution in [2.24, 2.45) is 13.0 Å². The largest absolute Gasteiger partial charge is 0.438 e. The summed E-state index contributed by atoms with van der Waals surface area (Å²) in [6.07, 6.45) is 0.534. The lowest BCUT2D eigenvalue weighted by Crippen LogP contribution is -2.30. The molecule has 0 spiro atoms. The Morgan fingerprint density at radius 1 is 1.07 bits per heavy atom. The molecule has 0 atom stereocenters. The lowest BCUT2D eigenvalue weighted by atomic mass is 9.98. The molecule has 0 bridgehead atoms. The summed E-state index contributed by atoms with van der Waals surface area (Å²) in [5.74, 6) is -0.118. The molecular weight excluding hydrogens is 356 g/mol. The van der Waals surface area contributed by atoms with Crippen LogP contribution in [0.1, 0.15) is 27.7 Å². The van der Waals surface area contributed by atoms with E-state index < -0.39 is 6.37 Å². The summed E-state index contributed by atoms with van der Waals surface area (Å²) < 4.78 is 25.2. The second-order valence-electron chi connectivity index (χ2n) is 8.01. The fourth-order valence-electron chi connectivity index (χ4n) is 3.99. The van der Waals surface area contributed by atoms with Gasteiger partial charge >= 0.3 is 0 Å². The Morgan fingerprint density at radius 2 is 1.90 bits per heavy atom. The lowest BCUT2D eigenvalue weighted by molar-refractivity contribution is -0.660. The third kappa shape index (κ3) is 3.07. The third-order valence-electron chi connectivity index (χ3n) is 5.39. The summed E-state index contributed by atoms with van der Waals surface area (Å²) in [7, 11) is 1.99. The van der Waals surface area contributed by atoms with Gasteiger partial charge in [0, 0.05) is 31.0 Å². The van der Waals surface area contributed by atoms with Crippen molar-refractivity contribution < 1.29 is 11.7 Å². The first kappa shape index (κ1) is 15.7. The van der Waals surface area contributed by atoms with Crippen molar-refractivity contribution >= 4 is 33.0 Å². The minimum absolute atomic E-state index is 0.118. The first-order valence-electron chi connectivity index (χ1n) is 11.0.